The van der Waals surface area contributed by atoms with E-state index in [1.807, 2.05) is 55.5 Å². The molecule has 0 fully saturated rings. The number of methoxy groups -OCH3 is 1. The molecule has 0 aliphatic rings. The predicted octanol–water partition coefficient (Wildman–Crippen LogP) is 4.71. The summed E-state index contributed by atoms with van der Waals surface area (Å²) in [5, 5.41) is 0. The molecule has 0 N–H and O–H groups in total. The monoisotopic (exact) mass is 365 g/mol. The minimum Gasteiger partial charge on any atom is -0.496 e. The molecule has 5 heteroatoms. The van der Waals surface area contributed by atoms with Gasteiger partial charge < -0.3 is 9.47 Å². The van der Waals surface area contributed by atoms with Crippen molar-refractivity contribution >= 4 is 18.6 Å². The molecule has 1 aromatic heterocycles. The first-order valence-corrected chi connectivity index (χ1v) is 8.60. The van der Waals surface area contributed by atoms with Gasteiger partial charge in [-0.25, -0.2) is 9.78 Å². The van der Waals surface area contributed by atoms with Crippen molar-refractivity contribution in [2.24, 2.45) is 0 Å². The lowest BCUT2D eigenvalue weighted by Crippen LogP contribution is -2.08. The van der Waals surface area contributed by atoms with E-state index in [1.54, 1.807) is 19.2 Å². The number of benzene rings is 2. The highest BCUT2D eigenvalue weighted by atomic mass is 32.1. The summed E-state index contributed by atoms with van der Waals surface area (Å²) in [6, 6.07) is 18.6. The summed E-state index contributed by atoms with van der Waals surface area (Å²) in [5.74, 6) is 0.251. The lowest BCUT2D eigenvalue weighted by atomic mass is 10.0. The number of thiol groups is 1. The standard InChI is InChI=1S/C21H19NO3S/c1-14-16(11-12-19(24-2)20(14)26)17-9-6-10-18(22-17)21(23)25-13-15-7-4-3-5-8-15/h3-12,26H,13H2,1-2H3. The van der Waals surface area contributed by atoms with E-state index < -0.39 is 5.97 Å². The molecule has 0 amide bonds. The van der Waals surface area contributed by atoms with Gasteiger partial charge in [0.05, 0.1) is 12.8 Å². The zero-order valence-corrected chi connectivity index (χ0v) is 15.5. The third kappa shape index (κ3) is 3.89. The third-order valence-electron chi connectivity index (χ3n) is 4.06. The molecule has 132 valence electrons. The molecule has 0 atom stereocenters. The largest absolute Gasteiger partial charge is 0.496 e. The number of hydrogen-bond donors (Lipinski definition) is 1. The molecule has 1 heterocycles. The van der Waals surface area contributed by atoms with Gasteiger partial charge >= 0.3 is 5.97 Å². The Labute approximate surface area is 158 Å². The second kappa shape index (κ2) is 8.06. The summed E-state index contributed by atoms with van der Waals surface area (Å²) in [6.07, 6.45) is 0. The van der Waals surface area contributed by atoms with Gasteiger partial charge in [0.15, 0.2) is 0 Å². The van der Waals surface area contributed by atoms with Crippen LogP contribution >= 0.6 is 12.6 Å². The Hall–Kier alpha value is -2.79. The molecular formula is C21H19NO3S. The van der Waals surface area contributed by atoms with E-state index in [9.17, 15) is 4.79 Å². The van der Waals surface area contributed by atoms with Gasteiger partial charge in [-0.15, -0.1) is 12.6 Å². The molecule has 0 spiro atoms. The van der Waals surface area contributed by atoms with Crippen LogP contribution in [0.15, 0.2) is 65.6 Å². The summed E-state index contributed by atoms with van der Waals surface area (Å²) in [6.45, 7) is 2.16. The van der Waals surface area contributed by atoms with E-state index in [4.69, 9.17) is 9.47 Å². The number of aromatic nitrogens is 1. The SMILES string of the molecule is COc1ccc(-c2cccc(C(=O)OCc3ccccc3)n2)c(C)c1S. The maximum Gasteiger partial charge on any atom is 0.357 e. The average Bonchev–Trinajstić information content (AvgIpc) is 2.69. The van der Waals surface area contributed by atoms with Gasteiger partial charge in [0.2, 0.25) is 0 Å². The molecule has 0 bridgehead atoms. The first kappa shape index (κ1) is 18.0. The van der Waals surface area contributed by atoms with E-state index in [0.29, 0.717) is 11.4 Å². The fourth-order valence-corrected chi connectivity index (χ4v) is 2.90. The maximum absolute atomic E-state index is 12.3. The molecule has 2 aromatic carbocycles. The van der Waals surface area contributed by atoms with E-state index in [-0.39, 0.29) is 12.3 Å². The van der Waals surface area contributed by atoms with Gasteiger partial charge in [0, 0.05) is 10.5 Å². The Balaban J connectivity index is 1.82. The highest BCUT2D eigenvalue weighted by Crippen LogP contribution is 2.33. The minimum absolute atomic E-state index is 0.216. The first-order chi connectivity index (χ1) is 12.6. The van der Waals surface area contributed by atoms with Gasteiger partial charge in [0.25, 0.3) is 0 Å². The minimum atomic E-state index is -0.451. The smallest absolute Gasteiger partial charge is 0.357 e. The molecule has 0 radical (unpaired) electrons. The Bertz CT molecular complexity index is 926. The molecule has 26 heavy (non-hydrogen) atoms. The van der Waals surface area contributed by atoms with Crippen molar-refractivity contribution in [1.82, 2.24) is 4.98 Å². The van der Waals surface area contributed by atoms with Crippen molar-refractivity contribution in [2.75, 3.05) is 7.11 Å². The zero-order chi connectivity index (χ0) is 18.5. The number of ether oxygens (including phenoxy) is 2. The van der Waals surface area contributed by atoms with Crippen molar-refractivity contribution in [3.05, 3.63) is 77.5 Å². The number of pyridine rings is 1. The summed E-state index contributed by atoms with van der Waals surface area (Å²) in [4.78, 5) is 17.6. The van der Waals surface area contributed by atoms with Crippen LogP contribution in [0.2, 0.25) is 0 Å². The van der Waals surface area contributed by atoms with Gasteiger partial charge in [-0.2, -0.15) is 0 Å². The van der Waals surface area contributed by atoms with Gasteiger partial charge in [-0.05, 0) is 42.3 Å². The summed E-state index contributed by atoms with van der Waals surface area (Å²) in [5.41, 5.74) is 3.73. The number of hydrogen-bond acceptors (Lipinski definition) is 5. The molecule has 0 saturated heterocycles. The fourth-order valence-electron chi connectivity index (χ4n) is 2.61. The van der Waals surface area contributed by atoms with Crippen molar-refractivity contribution in [2.45, 2.75) is 18.4 Å². The molecule has 3 aromatic rings. The van der Waals surface area contributed by atoms with Crippen molar-refractivity contribution < 1.29 is 14.3 Å². The van der Waals surface area contributed by atoms with Crippen molar-refractivity contribution in [1.29, 1.82) is 0 Å². The number of carbonyl (C=O) groups excluding carboxylic acids is 1. The Morgan fingerprint density at radius 1 is 1.04 bits per heavy atom. The predicted molar refractivity (Wildman–Crippen MR) is 104 cm³/mol. The highest BCUT2D eigenvalue weighted by molar-refractivity contribution is 7.80. The normalized spacial score (nSPS) is 10.4. The molecular weight excluding hydrogens is 346 g/mol. The highest BCUT2D eigenvalue weighted by Gasteiger charge is 2.14. The van der Waals surface area contributed by atoms with Crippen LogP contribution in [0.5, 0.6) is 5.75 Å². The Morgan fingerprint density at radius 3 is 2.54 bits per heavy atom. The summed E-state index contributed by atoms with van der Waals surface area (Å²) < 4.78 is 10.6. The number of carbonyl (C=O) groups is 1. The van der Waals surface area contributed by atoms with Crippen LogP contribution in [-0.2, 0) is 11.3 Å². The second-order valence-corrected chi connectivity index (χ2v) is 6.21. The summed E-state index contributed by atoms with van der Waals surface area (Å²) >= 11 is 4.51. The van der Waals surface area contributed by atoms with Gasteiger partial charge in [-0.1, -0.05) is 36.4 Å². The molecule has 0 unspecified atom stereocenters. The zero-order valence-electron chi connectivity index (χ0n) is 14.6. The van der Waals surface area contributed by atoms with Crippen LogP contribution < -0.4 is 4.74 Å². The second-order valence-electron chi connectivity index (χ2n) is 5.76. The number of rotatable bonds is 5. The topological polar surface area (TPSA) is 48.4 Å². The molecule has 3 rings (SSSR count). The van der Waals surface area contributed by atoms with Gasteiger partial charge in [-0.3, -0.25) is 0 Å². The van der Waals surface area contributed by atoms with Gasteiger partial charge in [0.1, 0.15) is 18.1 Å². The number of nitrogens with zero attached hydrogens (tertiary/aromatic N) is 1. The maximum atomic E-state index is 12.3. The van der Waals surface area contributed by atoms with Crippen LogP contribution in [-0.4, -0.2) is 18.1 Å². The molecule has 0 aliphatic carbocycles. The lowest BCUT2D eigenvalue weighted by Gasteiger charge is -2.12. The van der Waals surface area contributed by atoms with Crippen LogP contribution in [0.1, 0.15) is 21.6 Å². The Kier molecular flexibility index (Phi) is 5.58. The van der Waals surface area contributed by atoms with E-state index >= 15 is 0 Å². The molecule has 0 aliphatic heterocycles. The third-order valence-corrected chi connectivity index (χ3v) is 4.62. The average molecular weight is 365 g/mol. The molecule has 0 saturated carbocycles. The molecule has 4 nitrogen and oxygen atoms in total. The van der Waals surface area contributed by atoms with Crippen LogP contribution in [0.25, 0.3) is 11.3 Å². The Morgan fingerprint density at radius 2 is 1.81 bits per heavy atom. The number of esters is 1. The van der Waals surface area contributed by atoms with E-state index in [0.717, 1.165) is 21.6 Å². The van der Waals surface area contributed by atoms with Crippen LogP contribution in [0.3, 0.4) is 0 Å². The quantitative estimate of drug-likeness (QED) is 0.525. The van der Waals surface area contributed by atoms with Crippen molar-refractivity contribution in [3.63, 3.8) is 0 Å². The lowest BCUT2D eigenvalue weighted by molar-refractivity contribution is 0.0466. The van der Waals surface area contributed by atoms with Crippen LogP contribution in [0, 0.1) is 6.92 Å². The van der Waals surface area contributed by atoms with E-state index in [1.165, 1.54) is 0 Å². The first-order valence-electron chi connectivity index (χ1n) is 8.15. The fraction of sp³-hybridized carbons (Fsp3) is 0.143. The van der Waals surface area contributed by atoms with E-state index in [2.05, 4.69) is 17.6 Å². The summed E-state index contributed by atoms with van der Waals surface area (Å²) in [7, 11) is 1.61. The van der Waals surface area contributed by atoms with Crippen molar-refractivity contribution in [3.8, 4) is 17.0 Å². The van der Waals surface area contributed by atoms with Crippen LogP contribution in [0.4, 0.5) is 0 Å².